The lowest BCUT2D eigenvalue weighted by Gasteiger charge is -2.34. The summed E-state index contributed by atoms with van der Waals surface area (Å²) in [4.78, 5) is 43.2. The average molecular weight is 534 g/mol. The lowest BCUT2D eigenvalue weighted by atomic mass is 9.74. The van der Waals surface area contributed by atoms with E-state index in [-0.39, 0.29) is 30.3 Å². The fourth-order valence-electron chi connectivity index (χ4n) is 6.64. The van der Waals surface area contributed by atoms with E-state index in [1.54, 1.807) is 17.0 Å². The van der Waals surface area contributed by atoms with E-state index in [0.717, 1.165) is 36.8 Å². The van der Waals surface area contributed by atoms with Crippen LogP contribution >= 0.6 is 11.6 Å². The smallest absolute Gasteiger partial charge is 0.246 e. The summed E-state index contributed by atoms with van der Waals surface area (Å²) in [7, 11) is 0. The third kappa shape index (κ3) is 4.22. The van der Waals surface area contributed by atoms with Crippen molar-refractivity contribution in [2.24, 2.45) is 11.8 Å². The molecule has 2 aromatic carbocycles. The predicted molar refractivity (Wildman–Crippen MR) is 144 cm³/mol. The summed E-state index contributed by atoms with van der Waals surface area (Å²) in [6.07, 6.45) is 8.33. The van der Waals surface area contributed by atoms with E-state index in [4.69, 9.17) is 16.3 Å². The summed E-state index contributed by atoms with van der Waals surface area (Å²) in [5.74, 6) is -2.29. The minimum atomic E-state index is -1.18. The molecule has 8 heteroatoms. The van der Waals surface area contributed by atoms with Crippen LogP contribution in [0.25, 0.3) is 0 Å². The van der Waals surface area contributed by atoms with E-state index in [9.17, 15) is 14.4 Å². The molecule has 3 heterocycles. The molecule has 5 atom stereocenters. The van der Waals surface area contributed by atoms with Crippen LogP contribution in [0.5, 0.6) is 0 Å². The molecule has 2 bridgehead atoms. The number of fused-ring (bicyclic) bond motifs is 1. The molecule has 2 aromatic rings. The summed E-state index contributed by atoms with van der Waals surface area (Å²) < 4.78 is 6.44. The number of amides is 3. The monoisotopic (exact) mass is 533 g/mol. The normalized spacial score (nSPS) is 29.9. The van der Waals surface area contributed by atoms with E-state index < -0.39 is 29.6 Å². The first kappa shape index (κ1) is 25.1. The van der Waals surface area contributed by atoms with Crippen molar-refractivity contribution in [3.63, 3.8) is 0 Å². The average Bonchev–Trinajstić information content (AvgIpc) is 3.55. The van der Waals surface area contributed by atoms with Crippen molar-refractivity contribution in [1.82, 2.24) is 10.2 Å². The minimum absolute atomic E-state index is 0.0911. The molecule has 0 unspecified atom stereocenters. The maximum absolute atomic E-state index is 14.1. The van der Waals surface area contributed by atoms with Crippen molar-refractivity contribution in [1.29, 1.82) is 0 Å². The number of anilines is 1. The van der Waals surface area contributed by atoms with Crippen molar-refractivity contribution in [3.8, 4) is 0 Å². The molecule has 4 aliphatic rings. The molecule has 6 rings (SSSR count). The first-order valence-corrected chi connectivity index (χ1v) is 13.8. The molecule has 1 aliphatic carbocycles. The number of carbonyl (C=O) groups is 3. The Labute approximate surface area is 227 Å². The van der Waals surface area contributed by atoms with Crippen molar-refractivity contribution in [2.45, 2.75) is 69.4 Å². The van der Waals surface area contributed by atoms with Gasteiger partial charge in [-0.25, -0.2) is 0 Å². The first-order chi connectivity index (χ1) is 18.4. The van der Waals surface area contributed by atoms with Crippen LogP contribution in [0, 0.1) is 18.8 Å². The lowest BCUT2D eigenvalue weighted by molar-refractivity contribution is -0.142. The van der Waals surface area contributed by atoms with Gasteiger partial charge in [-0.2, -0.15) is 0 Å². The third-order valence-electron chi connectivity index (χ3n) is 8.51. The Morgan fingerprint density at radius 3 is 2.58 bits per heavy atom. The standard InChI is InChI=1S/C30H32ClN3O4/c1-18-12-13-21(16-22(18)31)33-27(35)24-23-14-15-30(38-23)25(24)29(37)34(17-19-8-4-2-5-9-19)26(30)28(36)32-20-10-6-3-7-11-20/h2,4-5,8-9,12-16,20,23-26H,3,6-7,10-11,17H2,1H3,(H,32,36)(H,33,35)/t23-,24-,25-,26-,30-/m1/s1. The van der Waals surface area contributed by atoms with Gasteiger partial charge in [0, 0.05) is 23.3 Å². The second-order valence-electron chi connectivity index (χ2n) is 10.9. The summed E-state index contributed by atoms with van der Waals surface area (Å²) in [6.45, 7) is 2.16. The molecular weight excluding hydrogens is 502 g/mol. The number of hydrogen-bond donors (Lipinski definition) is 2. The van der Waals surface area contributed by atoms with Gasteiger partial charge in [0.15, 0.2) is 0 Å². The van der Waals surface area contributed by atoms with Crippen LogP contribution in [0.2, 0.25) is 5.02 Å². The number of likely N-dealkylation sites (tertiary alicyclic amines) is 1. The fraction of sp³-hybridized carbons (Fsp3) is 0.433. The van der Waals surface area contributed by atoms with Gasteiger partial charge in [0.2, 0.25) is 17.7 Å². The van der Waals surface area contributed by atoms with Gasteiger partial charge in [-0.3, -0.25) is 14.4 Å². The number of nitrogens with one attached hydrogen (secondary N) is 2. The third-order valence-corrected chi connectivity index (χ3v) is 8.92. The number of aryl methyl sites for hydroxylation is 1. The highest BCUT2D eigenvalue weighted by molar-refractivity contribution is 6.31. The molecule has 1 spiro atoms. The van der Waals surface area contributed by atoms with Gasteiger partial charge in [-0.05, 0) is 43.0 Å². The van der Waals surface area contributed by atoms with Crippen molar-refractivity contribution in [2.75, 3.05) is 5.32 Å². The Hall–Kier alpha value is -3.16. The zero-order chi connectivity index (χ0) is 26.4. The van der Waals surface area contributed by atoms with Crippen molar-refractivity contribution in [3.05, 3.63) is 76.8 Å². The molecule has 0 aromatic heterocycles. The number of ether oxygens (including phenoxy) is 1. The quantitative estimate of drug-likeness (QED) is 0.539. The molecule has 2 N–H and O–H groups in total. The minimum Gasteiger partial charge on any atom is -0.359 e. The van der Waals surface area contributed by atoms with Crippen LogP contribution in [0.1, 0.15) is 43.2 Å². The molecule has 38 heavy (non-hydrogen) atoms. The Morgan fingerprint density at radius 2 is 1.84 bits per heavy atom. The van der Waals surface area contributed by atoms with Gasteiger partial charge in [0.05, 0.1) is 17.9 Å². The molecule has 3 fully saturated rings. The Kier molecular flexibility index (Phi) is 6.52. The van der Waals surface area contributed by atoms with E-state index in [2.05, 4.69) is 10.6 Å². The molecule has 3 aliphatic heterocycles. The van der Waals surface area contributed by atoms with Crippen LogP contribution in [0.4, 0.5) is 5.69 Å². The van der Waals surface area contributed by atoms with Crippen molar-refractivity contribution < 1.29 is 19.1 Å². The molecule has 0 radical (unpaired) electrons. The number of halogens is 1. The fourth-order valence-corrected chi connectivity index (χ4v) is 6.82. The molecule has 7 nitrogen and oxygen atoms in total. The predicted octanol–water partition coefficient (Wildman–Crippen LogP) is 4.39. The number of rotatable bonds is 6. The van der Waals surface area contributed by atoms with Crippen LogP contribution in [0.15, 0.2) is 60.7 Å². The number of carbonyl (C=O) groups excluding carboxylic acids is 3. The van der Waals surface area contributed by atoms with E-state index >= 15 is 0 Å². The van der Waals surface area contributed by atoms with E-state index in [1.807, 2.05) is 55.5 Å². The van der Waals surface area contributed by atoms with Crippen LogP contribution in [-0.4, -0.2) is 46.4 Å². The number of benzene rings is 2. The lowest BCUT2D eigenvalue weighted by Crippen LogP contribution is -2.56. The second-order valence-corrected chi connectivity index (χ2v) is 11.4. The molecule has 1 saturated carbocycles. The molecular formula is C30H32ClN3O4. The highest BCUT2D eigenvalue weighted by Gasteiger charge is 2.72. The summed E-state index contributed by atoms with van der Waals surface area (Å²) in [5.41, 5.74) is 1.21. The Morgan fingerprint density at radius 1 is 1.08 bits per heavy atom. The summed E-state index contributed by atoms with van der Waals surface area (Å²) >= 11 is 6.27. The zero-order valence-electron chi connectivity index (χ0n) is 21.4. The Bertz CT molecular complexity index is 1290. The maximum atomic E-state index is 14.1. The highest BCUT2D eigenvalue weighted by Crippen LogP contribution is 2.55. The van der Waals surface area contributed by atoms with Gasteiger partial charge in [-0.1, -0.05) is 79.4 Å². The van der Waals surface area contributed by atoms with Gasteiger partial charge >= 0.3 is 0 Å². The highest BCUT2D eigenvalue weighted by atomic mass is 35.5. The zero-order valence-corrected chi connectivity index (χ0v) is 22.1. The van der Waals surface area contributed by atoms with E-state index in [0.29, 0.717) is 10.7 Å². The van der Waals surface area contributed by atoms with Gasteiger partial charge in [-0.15, -0.1) is 0 Å². The molecule has 198 valence electrons. The number of nitrogens with zero attached hydrogens (tertiary/aromatic N) is 1. The van der Waals surface area contributed by atoms with Gasteiger partial charge < -0.3 is 20.3 Å². The maximum Gasteiger partial charge on any atom is 0.246 e. The van der Waals surface area contributed by atoms with Crippen LogP contribution in [-0.2, 0) is 25.7 Å². The van der Waals surface area contributed by atoms with Crippen molar-refractivity contribution >= 4 is 35.0 Å². The van der Waals surface area contributed by atoms with Gasteiger partial charge in [0.1, 0.15) is 11.6 Å². The van der Waals surface area contributed by atoms with Crippen LogP contribution in [0.3, 0.4) is 0 Å². The first-order valence-electron chi connectivity index (χ1n) is 13.5. The molecule has 3 amide bonds. The summed E-state index contributed by atoms with van der Waals surface area (Å²) in [5, 5.41) is 6.70. The van der Waals surface area contributed by atoms with Gasteiger partial charge in [0.25, 0.3) is 0 Å². The van der Waals surface area contributed by atoms with E-state index in [1.165, 1.54) is 6.42 Å². The van der Waals surface area contributed by atoms with Crippen LogP contribution < -0.4 is 10.6 Å². The SMILES string of the molecule is Cc1ccc(NC(=O)[C@@H]2[C@H]3C=C[C@@]4(O3)[C@H]2C(=O)N(Cc2ccccc2)[C@@H]4C(=O)NC2CCCCC2)cc1Cl. The summed E-state index contributed by atoms with van der Waals surface area (Å²) in [6, 6.07) is 14.2. The largest absolute Gasteiger partial charge is 0.359 e. The topological polar surface area (TPSA) is 87.7 Å². The second kappa shape index (κ2) is 9.86. The Balaban J connectivity index is 1.32. The molecule has 2 saturated heterocycles. The number of hydrogen-bond acceptors (Lipinski definition) is 4.